The SMILES string of the molecule is C=CCC(C)Nc1nccc2occc12. The van der Waals surface area contributed by atoms with Crippen molar-refractivity contribution in [3.05, 3.63) is 37.2 Å². The smallest absolute Gasteiger partial charge is 0.139 e. The van der Waals surface area contributed by atoms with Crippen LogP contribution >= 0.6 is 0 Å². The largest absolute Gasteiger partial charge is 0.464 e. The Labute approximate surface area is 88.8 Å². The molecule has 0 amide bonds. The molecule has 0 aromatic carbocycles. The second-order valence-electron chi connectivity index (χ2n) is 3.56. The lowest BCUT2D eigenvalue weighted by atomic mass is 10.2. The molecule has 0 aliphatic rings. The third-order valence-corrected chi connectivity index (χ3v) is 2.28. The summed E-state index contributed by atoms with van der Waals surface area (Å²) < 4.78 is 5.30. The Bertz CT molecular complexity index is 461. The first-order chi connectivity index (χ1) is 7.31. The minimum Gasteiger partial charge on any atom is -0.464 e. The zero-order valence-electron chi connectivity index (χ0n) is 8.73. The van der Waals surface area contributed by atoms with E-state index in [1.807, 2.05) is 18.2 Å². The van der Waals surface area contributed by atoms with E-state index in [0.717, 1.165) is 23.2 Å². The highest BCUT2D eigenvalue weighted by Gasteiger charge is 2.06. The molecule has 0 aliphatic heterocycles. The molecule has 0 saturated heterocycles. The molecule has 1 N–H and O–H groups in total. The van der Waals surface area contributed by atoms with Crippen molar-refractivity contribution in [1.82, 2.24) is 4.98 Å². The van der Waals surface area contributed by atoms with Gasteiger partial charge < -0.3 is 9.73 Å². The first-order valence-electron chi connectivity index (χ1n) is 5.01. The van der Waals surface area contributed by atoms with Crippen molar-refractivity contribution in [2.75, 3.05) is 5.32 Å². The van der Waals surface area contributed by atoms with Gasteiger partial charge >= 0.3 is 0 Å². The van der Waals surface area contributed by atoms with Crippen LogP contribution in [0.4, 0.5) is 5.82 Å². The van der Waals surface area contributed by atoms with E-state index in [4.69, 9.17) is 4.42 Å². The minimum atomic E-state index is 0.329. The van der Waals surface area contributed by atoms with E-state index in [-0.39, 0.29) is 0 Å². The van der Waals surface area contributed by atoms with Crippen LogP contribution in [0.5, 0.6) is 0 Å². The Morgan fingerprint density at radius 2 is 2.47 bits per heavy atom. The Balaban J connectivity index is 2.27. The maximum absolute atomic E-state index is 5.30. The number of rotatable bonds is 4. The number of nitrogens with one attached hydrogen (secondary N) is 1. The van der Waals surface area contributed by atoms with E-state index < -0.39 is 0 Å². The average Bonchev–Trinajstić information content (AvgIpc) is 2.67. The summed E-state index contributed by atoms with van der Waals surface area (Å²) in [5.74, 6) is 0.871. The predicted octanol–water partition coefficient (Wildman–Crippen LogP) is 3.20. The fourth-order valence-electron chi connectivity index (χ4n) is 1.55. The van der Waals surface area contributed by atoms with Gasteiger partial charge in [0.25, 0.3) is 0 Å². The second-order valence-corrected chi connectivity index (χ2v) is 3.56. The maximum Gasteiger partial charge on any atom is 0.139 e. The number of aromatic nitrogens is 1. The van der Waals surface area contributed by atoms with Gasteiger partial charge in [0.15, 0.2) is 0 Å². The molecule has 78 valence electrons. The molecule has 0 radical (unpaired) electrons. The Hall–Kier alpha value is -1.77. The van der Waals surface area contributed by atoms with Crippen molar-refractivity contribution in [3.63, 3.8) is 0 Å². The van der Waals surface area contributed by atoms with E-state index >= 15 is 0 Å². The number of pyridine rings is 1. The number of hydrogen-bond donors (Lipinski definition) is 1. The van der Waals surface area contributed by atoms with E-state index in [2.05, 4.69) is 23.8 Å². The van der Waals surface area contributed by atoms with Gasteiger partial charge in [0, 0.05) is 12.2 Å². The Morgan fingerprint density at radius 1 is 1.60 bits per heavy atom. The monoisotopic (exact) mass is 202 g/mol. The third-order valence-electron chi connectivity index (χ3n) is 2.28. The van der Waals surface area contributed by atoms with Crippen LogP contribution in [0, 0.1) is 0 Å². The number of nitrogens with zero attached hydrogens (tertiary/aromatic N) is 1. The molecule has 15 heavy (non-hydrogen) atoms. The number of hydrogen-bond acceptors (Lipinski definition) is 3. The summed E-state index contributed by atoms with van der Waals surface area (Å²) in [6.07, 6.45) is 6.23. The third kappa shape index (κ3) is 2.01. The zero-order chi connectivity index (χ0) is 10.7. The van der Waals surface area contributed by atoms with E-state index in [1.54, 1.807) is 12.5 Å². The Kier molecular flexibility index (Phi) is 2.72. The molecular formula is C12H14N2O. The summed E-state index contributed by atoms with van der Waals surface area (Å²) in [7, 11) is 0. The van der Waals surface area contributed by atoms with Crippen molar-refractivity contribution >= 4 is 16.8 Å². The van der Waals surface area contributed by atoms with Crippen LogP contribution < -0.4 is 5.32 Å². The highest BCUT2D eigenvalue weighted by Crippen LogP contribution is 2.22. The molecule has 0 aliphatic carbocycles. The molecule has 0 bridgehead atoms. The first kappa shape index (κ1) is 9.77. The lowest BCUT2D eigenvalue weighted by Gasteiger charge is -2.12. The standard InChI is InChI=1S/C12H14N2O/c1-3-4-9(2)14-12-10-6-8-15-11(10)5-7-13-12/h3,5-9H,1,4H2,2H3,(H,13,14). The van der Waals surface area contributed by atoms with Crippen molar-refractivity contribution in [3.8, 4) is 0 Å². The van der Waals surface area contributed by atoms with Crippen LogP contribution in [0.1, 0.15) is 13.3 Å². The molecule has 2 rings (SSSR count). The molecule has 0 spiro atoms. The van der Waals surface area contributed by atoms with E-state index in [0.29, 0.717) is 6.04 Å². The lowest BCUT2D eigenvalue weighted by molar-refractivity contribution is 0.615. The van der Waals surface area contributed by atoms with Crippen LogP contribution in [0.25, 0.3) is 11.0 Å². The molecule has 2 heterocycles. The minimum absolute atomic E-state index is 0.329. The summed E-state index contributed by atoms with van der Waals surface area (Å²) >= 11 is 0. The summed E-state index contributed by atoms with van der Waals surface area (Å²) in [6, 6.07) is 4.11. The van der Waals surface area contributed by atoms with Crippen molar-refractivity contribution < 1.29 is 4.42 Å². The molecule has 2 aromatic rings. The molecule has 0 saturated carbocycles. The van der Waals surface area contributed by atoms with Crippen molar-refractivity contribution in [2.45, 2.75) is 19.4 Å². The molecule has 1 unspecified atom stereocenters. The average molecular weight is 202 g/mol. The summed E-state index contributed by atoms with van der Waals surface area (Å²) in [5.41, 5.74) is 0.860. The summed E-state index contributed by atoms with van der Waals surface area (Å²) in [5, 5.41) is 4.35. The first-order valence-corrected chi connectivity index (χ1v) is 5.01. The molecule has 3 nitrogen and oxygen atoms in total. The predicted molar refractivity (Wildman–Crippen MR) is 61.9 cm³/mol. The van der Waals surface area contributed by atoms with Gasteiger partial charge in [-0.25, -0.2) is 4.98 Å². The quantitative estimate of drug-likeness (QED) is 0.773. The summed E-state index contributed by atoms with van der Waals surface area (Å²) in [6.45, 7) is 5.82. The van der Waals surface area contributed by atoms with Crippen LogP contribution in [-0.2, 0) is 0 Å². The van der Waals surface area contributed by atoms with Crippen LogP contribution in [0.15, 0.2) is 41.7 Å². The maximum atomic E-state index is 5.30. The second kappa shape index (κ2) is 4.17. The van der Waals surface area contributed by atoms with E-state index in [9.17, 15) is 0 Å². The van der Waals surface area contributed by atoms with Gasteiger partial charge in [0.1, 0.15) is 11.4 Å². The van der Waals surface area contributed by atoms with Crippen LogP contribution in [-0.4, -0.2) is 11.0 Å². The van der Waals surface area contributed by atoms with Gasteiger partial charge in [0.05, 0.1) is 11.6 Å². The van der Waals surface area contributed by atoms with Crippen molar-refractivity contribution in [1.29, 1.82) is 0 Å². The van der Waals surface area contributed by atoms with Gasteiger partial charge in [-0.2, -0.15) is 0 Å². The molecule has 2 aromatic heterocycles. The lowest BCUT2D eigenvalue weighted by Crippen LogP contribution is -2.14. The summed E-state index contributed by atoms with van der Waals surface area (Å²) in [4.78, 5) is 4.30. The van der Waals surface area contributed by atoms with Crippen molar-refractivity contribution in [2.24, 2.45) is 0 Å². The van der Waals surface area contributed by atoms with Gasteiger partial charge in [-0.05, 0) is 25.5 Å². The van der Waals surface area contributed by atoms with Crippen LogP contribution in [0.3, 0.4) is 0 Å². The fourth-order valence-corrected chi connectivity index (χ4v) is 1.55. The molecular weight excluding hydrogens is 188 g/mol. The van der Waals surface area contributed by atoms with E-state index in [1.165, 1.54) is 0 Å². The fraction of sp³-hybridized carbons (Fsp3) is 0.250. The normalized spacial score (nSPS) is 12.6. The van der Waals surface area contributed by atoms with Gasteiger partial charge in [-0.15, -0.1) is 6.58 Å². The van der Waals surface area contributed by atoms with Gasteiger partial charge in [0.2, 0.25) is 0 Å². The Morgan fingerprint density at radius 3 is 3.27 bits per heavy atom. The van der Waals surface area contributed by atoms with Crippen LogP contribution in [0.2, 0.25) is 0 Å². The highest BCUT2D eigenvalue weighted by molar-refractivity contribution is 5.87. The zero-order valence-corrected chi connectivity index (χ0v) is 8.73. The van der Waals surface area contributed by atoms with Gasteiger partial charge in [-0.3, -0.25) is 0 Å². The molecule has 1 atom stereocenters. The molecule has 3 heteroatoms. The van der Waals surface area contributed by atoms with Gasteiger partial charge in [-0.1, -0.05) is 6.08 Å². The topological polar surface area (TPSA) is 38.1 Å². The number of anilines is 1. The number of fused-ring (bicyclic) bond motifs is 1. The highest BCUT2D eigenvalue weighted by atomic mass is 16.3. The number of furan rings is 1. The molecule has 0 fully saturated rings.